The lowest BCUT2D eigenvalue weighted by molar-refractivity contribution is -0.386. The molecule has 0 aromatic heterocycles. The van der Waals surface area contributed by atoms with Crippen LogP contribution in [0.15, 0.2) is 12.1 Å². The van der Waals surface area contributed by atoms with Crippen LogP contribution in [0.25, 0.3) is 0 Å². The maximum Gasteiger partial charge on any atom is 0.277 e. The molecule has 0 radical (unpaired) electrons. The molecule has 0 amide bonds. The lowest BCUT2D eigenvalue weighted by Gasteiger charge is -2.12. The summed E-state index contributed by atoms with van der Waals surface area (Å²) >= 11 is 0. The van der Waals surface area contributed by atoms with Crippen LogP contribution in [0, 0.1) is 10.1 Å². The Morgan fingerprint density at radius 2 is 1.88 bits per heavy atom. The zero-order valence-electron chi connectivity index (χ0n) is 9.84. The van der Waals surface area contributed by atoms with Crippen LogP contribution in [0.4, 0.5) is 5.69 Å². The minimum atomic E-state index is -0.527. The first-order chi connectivity index (χ1) is 7.99. The maximum absolute atomic E-state index is 10.9. The Bertz CT molecular complexity index is 419. The molecule has 0 aliphatic heterocycles. The van der Waals surface area contributed by atoms with Crippen LogP contribution in [0.5, 0.6) is 11.5 Å². The van der Waals surface area contributed by atoms with Gasteiger partial charge in [-0.3, -0.25) is 10.1 Å². The van der Waals surface area contributed by atoms with Crippen molar-refractivity contribution >= 4 is 5.69 Å². The highest BCUT2D eigenvalue weighted by atomic mass is 16.6. The van der Waals surface area contributed by atoms with E-state index >= 15 is 0 Å². The van der Waals surface area contributed by atoms with Crippen LogP contribution in [-0.2, 0) is 6.54 Å². The summed E-state index contributed by atoms with van der Waals surface area (Å²) in [6, 6.07) is 2.75. The number of rotatable bonds is 5. The van der Waals surface area contributed by atoms with Crippen LogP contribution in [0.1, 0.15) is 5.56 Å². The molecule has 0 aliphatic carbocycles. The molecule has 0 saturated heterocycles. The van der Waals surface area contributed by atoms with Crippen LogP contribution >= 0.6 is 0 Å². The van der Waals surface area contributed by atoms with Gasteiger partial charge in [0, 0.05) is 7.05 Å². The molecule has 1 aromatic carbocycles. The Kier molecular flexibility index (Phi) is 4.24. The van der Waals surface area contributed by atoms with Gasteiger partial charge in [-0.2, -0.15) is 5.06 Å². The van der Waals surface area contributed by atoms with Gasteiger partial charge in [0.1, 0.15) is 0 Å². The van der Waals surface area contributed by atoms with Gasteiger partial charge in [0.2, 0.25) is 0 Å². The molecule has 0 atom stereocenters. The molecule has 1 rings (SSSR count). The standard InChI is InChI=1S/C10H14N2O5/c1-11(13)6-7-4-9(16-2)10(17-3)5-8(7)12(14)15/h4-5,13H,6H2,1-3H3. The first kappa shape index (κ1) is 13.2. The third kappa shape index (κ3) is 3.05. The number of hydrogen-bond acceptors (Lipinski definition) is 6. The topological polar surface area (TPSA) is 85.1 Å². The van der Waals surface area contributed by atoms with Crippen molar-refractivity contribution in [3.05, 3.63) is 27.8 Å². The van der Waals surface area contributed by atoms with E-state index in [-0.39, 0.29) is 18.0 Å². The fraction of sp³-hybridized carbons (Fsp3) is 0.400. The normalized spacial score (nSPS) is 10.4. The van der Waals surface area contributed by atoms with Crippen LogP contribution in [0.3, 0.4) is 0 Å². The van der Waals surface area contributed by atoms with Crippen molar-refractivity contribution in [1.29, 1.82) is 0 Å². The summed E-state index contributed by atoms with van der Waals surface area (Å²) in [4.78, 5) is 10.4. The molecule has 0 spiro atoms. The number of nitro groups is 1. The van der Waals surface area contributed by atoms with Gasteiger partial charge in [0.05, 0.1) is 37.3 Å². The van der Waals surface area contributed by atoms with E-state index in [4.69, 9.17) is 14.7 Å². The van der Waals surface area contributed by atoms with Crippen molar-refractivity contribution in [2.45, 2.75) is 6.54 Å². The molecule has 1 aromatic rings. The summed E-state index contributed by atoms with van der Waals surface area (Å²) in [5.74, 6) is 0.665. The molecule has 0 bridgehead atoms. The predicted octanol–water partition coefficient (Wildman–Crippen LogP) is 1.43. The fourth-order valence-electron chi connectivity index (χ4n) is 1.45. The number of nitrogens with zero attached hydrogens (tertiary/aromatic N) is 2. The zero-order valence-corrected chi connectivity index (χ0v) is 9.84. The largest absolute Gasteiger partial charge is 0.493 e. The molecular formula is C10H14N2O5. The van der Waals surface area contributed by atoms with Crippen molar-refractivity contribution < 1.29 is 19.6 Å². The van der Waals surface area contributed by atoms with E-state index in [1.807, 2.05) is 0 Å². The third-order valence-corrected chi connectivity index (χ3v) is 2.18. The molecule has 0 saturated carbocycles. The lowest BCUT2D eigenvalue weighted by atomic mass is 10.1. The van der Waals surface area contributed by atoms with E-state index < -0.39 is 4.92 Å². The predicted molar refractivity (Wildman–Crippen MR) is 59.5 cm³/mol. The molecule has 17 heavy (non-hydrogen) atoms. The molecule has 0 fully saturated rings. The van der Waals surface area contributed by atoms with Crippen LogP contribution in [-0.4, -0.2) is 36.5 Å². The van der Waals surface area contributed by atoms with Crippen molar-refractivity contribution in [3.8, 4) is 11.5 Å². The summed E-state index contributed by atoms with van der Waals surface area (Å²) in [6.07, 6.45) is 0. The Morgan fingerprint density at radius 3 is 2.29 bits per heavy atom. The second kappa shape index (κ2) is 5.46. The van der Waals surface area contributed by atoms with Gasteiger partial charge in [0.25, 0.3) is 5.69 Å². The molecular weight excluding hydrogens is 228 g/mol. The average Bonchev–Trinajstić information content (AvgIpc) is 2.27. The van der Waals surface area contributed by atoms with Gasteiger partial charge < -0.3 is 14.7 Å². The molecule has 7 nitrogen and oxygen atoms in total. The Morgan fingerprint density at radius 1 is 1.35 bits per heavy atom. The average molecular weight is 242 g/mol. The summed E-state index contributed by atoms with van der Waals surface area (Å²) in [7, 11) is 4.25. The molecule has 7 heteroatoms. The fourth-order valence-corrected chi connectivity index (χ4v) is 1.45. The number of ether oxygens (including phenoxy) is 2. The quantitative estimate of drug-likeness (QED) is 0.621. The van der Waals surface area contributed by atoms with E-state index in [2.05, 4.69) is 0 Å². The first-order valence-electron chi connectivity index (χ1n) is 4.79. The third-order valence-electron chi connectivity index (χ3n) is 2.18. The minimum absolute atomic E-state index is 0.0245. The Balaban J connectivity index is 3.29. The van der Waals surface area contributed by atoms with E-state index in [0.29, 0.717) is 11.3 Å². The molecule has 94 valence electrons. The summed E-state index contributed by atoms with van der Waals surface area (Å²) in [5, 5.41) is 20.9. The summed E-state index contributed by atoms with van der Waals surface area (Å²) < 4.78 is 10.0. The lowest BCUT2D eigenvalue weighted by Crippen LogP contribution is -2.13. The smallest absolute Gasteiger partial charge is 0.277 e. The van der Waals surface area contributed by atoms with Gasteiger partial charge in [-0.1, -0.05) is 0 Å². The van der Waals surface area contributed by atoms with Crippen LogP contribution in [0.2, 0.25) is 0 Å². The second-order valence-electron chi connectivity index (χ2n) is 3.41. The minimum Gasteiger partial charge on any atom is -0.493 e. The van der Waals surface area contributed by atoms with Gasteiger partial charge in [-0.05, 0) is 6.07 Å². The highest BCUT2D eigenvalue weighted by Gasteiger charge is 2.19. The van der Waals surface area contributed by atoms with Crippen LogP contribution < -0.4 is 9.47 Å². The number of methoxy groups -OCH3 is 2. The number of hydroxylamine groups is 2. The number of nitro benzene ring substituents is 1. The highest BCUT2D eigenvalue weighted by Crippen LogP contribution is 2.34. The monoisotopic (exact) mass is 242 g/mol. The van der Waals surface area contributed by atoms with E-state index in [1.54, 1.807) is 0 Å². The van der Waals surface area contributed by atoms with Crippen molar-refractivity contribution in [2.75, 3.05) is 21.3 Å². The van der Waals surface area contributed by atoms with Crippen molar-refractivity contribution in [3.63, 3.8) is 0 Å². The molecule has 0 unspecified atom stereocenters. The molecule has 0 heterocycles. The Labute approximate surface area is 98.3 Å². The van der Waals surface area contributed by atoms with Gasteiger partial charge >= 0.3 is 0 Å². The van der Waals surface area contributed by atoms with Crippen molar-refractivity contribution in [1.82, 2.24) is 5.06 Å². The van der Waals surface area contributed by atoms with Gasteiger partial charge in [-0.25, -0.2) is 0 Å². The SMILES string of the molecule is COc1cc(CN(C)O)c([N+](=O)[O-])cc1OC. The van der Waals surface area contributed by atoms with E-state index in [9.17, 15) is 10.1 Å². The van der Waals surface area contributed by atoms with E-state index in [1.165, 1.54) is 33.4 Å². The van der Waals surface area contributed by atoms with Gasteiger partial charge in [0.15, 0.2) is 11.5 Å². The zero-order chi connectivity index (χ0) is 13.0. The van der Waals surface area contributed by atoms with E-state index in [0.717, 1.165) is 5.06 Å². The Hall–Kier alpha value is -1.86. The highest BCUT2D eigenvalue weighted by molar-refractivity contribution is 5.54. The summed E-state index contributed by atoms with van der Waals surface area (Å²) in [5.41, 5.74) is 0.223. The first-order valence-corrected chi connectivity index (χ1v) is 4.79. The summed E-state index contributed by atoms with van der Waals surface area (Å²) in [6.45, 7) is 0.0245. The second-order valence-corrected chi connectivity index (χ2v) is 3.41. The van der Waals surface area contributed by atoms with Gasteiger partial charge in [-0.15, -0.1) is 0 Å². The number of benzene rings is 1. The molecule has 1 N–H and O–H groups in total. The van der Waals surface area contributed by atoms with Crippen molar-refractivity contribution in [2.24, 2.45) is 0 Å². The number of hydrogen-bond donors (Lipinski definition) is 1. The maximum atomic E-state index is 10.9. The molecule has 0 aliphatic rings.